The molecule has 0 aromatic heterocycles. The van der Waals surface area contributed by atoms with E-state index >= 15 is 0 Å². The minimum Gasteiger partial charge on any atom is -0.508 e. The SMILES string of the molecule is CNCC(=O)NC1(C(=O)N[C@@H](Cc2ccc(O)cc2)C(=O)O)C(=O)CCCC1=O. The van der Waals surface area contributed by atoms with Crippen LogP contribution in [0.3, 0.4) is 0 Å². The molecule has 1 aromatic rings. The Balaban J connectivity index is 2.29. The zero-order valence-corrected chi connectivity index (χ0v) is 15.9. The Morgan fingerprint density at radius 3 is 2.21 bits per heavy atom. The Morgan fingerprint density at radius 1 is 1.10 bits per heavy atom. The van der Waals surface area contributed by atoms with Gasteiger partial charge >= 0.3 is 5.97 Å². The summed E-state index contributed by atoms with van der Waals surface area (Å²) < 4.78 is 0. The summed E-state index contributed by atoms with van der Waals surface area (Å²) in [6, 6.07) is 4.25. The Morgan fingerprint density at radius 2 is 1.69 bits per heavy atom. The number of nitrogens with one attached hydrogen (secondary N) is 3. The first kappa shape index (κ1) is 22.0. The normalized spacial score (nSPS) is 16.7. The molecule has 1 fully saturated rings. The topological polar surface area (TPSA) is 162 Å². The van der Waals surface area contributed by atoms with Crippen molar-refractivity contribution in [3.05, 3.63) is 29.8 Å². The highest BCUT2D eigenvalue weighted by molar-refractivity contribution is 6.31. The second kappa shape index (κ2) is 9.28. The standard InChI is InChI=1S/C19H23N3O7/c1-20-10-16(26)22-19(14(24)3-2-4-15(19)25)18(29)21-13(17(27)28)9-11-5-7-12(23)8-6-11/h5-8,13,20,23H,2-4,9-10H2,1H3,(H,21,29)(H,22,26)(H,27,28)/t13-/m0/s1. The first-order valence-electron chi connectivity index (χ1n) is 9.04. The molecule has 0 bridgehead atoms. The number of aromatic hydroxyl groups is 1. The molecule has 0 spiro atoms. The second-order valence-electron chi connectivity index (χ2n) is 6.76. The van der Waals surface area contributed by atoms with E-state index in [0.29, 0.717) is 5.56 Å². The number of amides is 2. The number of phenolic OH excluding ortho intramolecular Hbond substituents is 1. The summed E-state index contributed by atoms with van der Waals surface area (Å²) in [6.07, 6.45) is -0.0713. The van der Waals surface area contributed by atoms with Crippen molar-refractivity contribution >= 4 is 29.4 Å². The molecule has 1 saturated carbocycles. The van der Waals surface area contributed by atoms with Gasteiger partial charge in [-0.25, -0.2) is 4.79 Å². The number of ketones is 2. The largest absolute Gasteiger partial charge is 0.508 e. The fraction of sp³-hybridized carbons (Fsp3) is 0.421. The van der Waals surface area contributed by atoms with Crippen molar-refractivity contribution in [2.45, 2.75) is 37.3 Å². The molecule has 1 atom stereocenters. The van der Waals surface area contributed by atoms with Gasteiger partial charge in [-0.2, -0.15) is 0 Å². The number of phenols is 1. The zero-order valence-electron chi connectivity index (χ0n) is 15.9. The van der Waals surface area contributed by atoms with Crippen molar-refractivity contribution in [2.75, 3.05) is 13.6 Å². The van der Waals surface area contributed by atoms with Crippen LogP contribution in [0.25, 0.3) is 0 Å². The van der Waals surface area contributed by atoms with Crippen LogP contribution in [-0.4, -0.2) is 64.7 Å². The molecule has 2 amide bonds. The maximum atomic E-state index is 12.9. The van der Waals surface area contributed by atoms with Crippen LogP contribution in [0, 0.1) is 0 Å². The van der Waals surface area contributed by atoms with Gasteiger partial charge in [-0.15, -0.1) is 0 Å². The number of carboxylic acids is 1. The molecule has 29 heavy (non-hydrogen) atoms. The van der Waals surface area contributed by atoms with Gasteiger partial charge in [0.25, 0.3) is 5.91 Å². The summed E-state index contributed by atoms with van der Waals surface area (Å²) in [6.45, 7) is -0.231. The predicted molar refractivity (Wildman–Crippen MR) is 100 cm³/mol. The van der Waals surface area contributed by atoms with Gasteiger partial charge in [0.2, 0.25) is 11.4 Å². The lowest BCUT2D eigenvalue weighted by molar-refractivity contribution is -0.153. The fourth-order valence-electron chi connectivity index (χ4n) is 3.14. The van der Waals surface area contributed by atoms with E-state index in [0.717, 1.165) is 0 Å². The third-order valence-corrected chi connectivity index (χ3v) is 4.63. The van der Waals surface area contributed by atoms with Gasteiger partial charge in [-0.1, -0.05) is 12.1 Å². The van der Waals surface area contributed by atoms with Gasteiger partial charge in [0.15, 0.2) is 11.6 Å². The molecule has 0 unspecified atom stereocenters. The average molecular weight is 405 g/mol. The number of carbonyl (C=O) groups excluding carboxylic acids is 4. The maximum Gasteiger partial charge on any atom is 0.326 e. The number of carboxylic acid groups (broad SMARTS) is 1. The van der Waals surface area contributed by atoms with Crippen LogP contribution in [-0.2, 0) is 30.4 Å². The van der Waals surface area contributed by atoms with E-state index in [2.05, 4.69) is 16.0 Å². The molecule has 1 aliphatic carbocycles. The summed E-state index contributed by atoms with van der Waals surface area (Å²) in [5.74, 6) is -4.83. The molecule has 10 heteroatoms. The van der Waals surface area contributed by atoms with Crippen LogP contribution in [0.5, 0.6) is 5.75 Å². The van der Waals surface area contributed by atoms with Crippen molar-refractivity contribution < 1.29 is 34.2 Å². The Labute approximate surface area is 166 Å². The van der Waals surface area contributed by atoms with E-state index in [-0.39, 0.29) is 38.0 Å². The van der Waals surface area contributed by atoms with E-state index in [1.807, 2.05) is 0 Å². The summed E-state index contributed by atoms with van der Waals surface area (Å²) >= 11 is 0. The zero-order chi connectivity index (χ0) is 21.6. The molecule has 2 rings (SSSR count). The molecule has 1 aliphatic rings. The number of Topliss-reactive ketones (excluding diaryl/α,β-unsaturated/α-hetero) is 2. The lowest BCUT2D eigenvalue weighted by Gasteiger charge is -2.34. The van der Waals surface area contributed by atoms with Gasteiger partial charge in [0, 0.05) is 19.3 Å². The molecule has 1 aromatic carbocycles. The number of aliphatic carboxylic acids is 1. The second-order valence-corrected chi connectivity index (χ2v) is 6.76. The number of likely N-dealkylation sites (N-methyl/N-ethyl adjacent to an activating group) is 1. The van der Waals surface area contributed by atoms with E-state index in [1.165, 1.54) is 31.3 Å². The number of benzene rings is 1. The number of hydrogen-bond acceptors (Lipinski definition) is 7. The average Bonchev–Trinajstić information content (AvgIpc) is 2.66. The van der Waals surface area contributed by atoms with Gasteiger partial charge in [0.05, 0.1) is 6.54 Å². The fourth-order valence-corrected chi connectivity index (χ4v) is 3.14. The highest BCUT2D eigenvalue weighted by Gasteiger charge is 2.55. The lowest BCUT2D eigenvalue weighted by atomic mass is 9.78. The van der Waals surface area contributed by atoms with E-state index < -0.39 is 40.9 Å². The monoisotopic (exact) mass is 405 g/mol. The molecule has 5 N–H and O–H groups in total. The van der Waals surface area contributed by atoms with Crippen LogP contribution in [0.15, 0.2) is 24.3 Å². The van der Waals surface area contributed by atoms with Crippen molar-refractivity contribution in [2.24, 2.45) is 0 Å². The Kier molecular flexibility index (Phi) is 7.05. The van der Waals surface area contributed by atoms with E-state index in [9.17, 15) is 34.2 Å². The van der Waals surface area contributed by atoms with Gasteiger partial charge in [-0.05, 0) is 31.2 Å². The van der Waals surface area contributed by atoms with Crippen molar-refractivity contribution in [1.82, 2.24) is 16.0 Å². The quantitative estimate of drug-likeness (QED) is 0.341. The molecule has 156 valence electrons. The Bertz CT molecular complexity index is 804. The summed E-state index contributed by atoms with van der Waals surface area (Å²) in [7, 11) is 1.48. The third kappa shape index (κ3) is 4.96. The van der Waals surface area contributed by atoms with Crippen molar-refractivity contribution in [3.8, 4) is 5.75 Å². The molecule has 0 aliphatic heterocycles. The maximum absolute atomic E-state index is 12.9. The third-order valence-electron chi connectivity index (χ3n) is 4.63. The highest BCUT2D eigenvalue weighted by atomic mass is 16.4. The first-order valence-corrected chi connectivity index (χ1v) is 9.04. The molecular formula is C19H23N3O7. The lowest BCUT2D eigenvalue weighted by Crippen LogP contribution is -2.71. The van der Waals surface area contributed by atoms with Gasteiger partial charge in [-0.3, -0.25) is 19.2 Å². The first-order chi connectivity index (χ1) is 13.7. The summed E-state index contributed by atoms with van der Waals surface area (Å²) in [5, 5.41) is 25.8. The summed E-state index contributed by atoms with van der Waals surface area (Å²) in [5.41, 5.74) is -1.93. The molecule has 0 radical (unpaired) electrons. The molecule has 0 heterocycles. The van der Waals surface area contributed by atoms with Crippen LogP contribution in [0.4, 0.5) is 0 Å². The number of hydrogen-bond donors (Lipinski definition) is 5. The predicted octanol–water partition coefficient (Wildman–Crippen LogP) is -1.10. The van der Waals surface area contributed by atoms with Crippen LogP contribution in [0.1, 0.15) is 24.8 Å². The van der Waals surface area contributed by atoms with Crippen molar-refractivity contribution in [3.63, 3.8) is 0 Å². The van der Waals surface area contributed by atoms with E-state index in [1.54, 1.807) is 0 Å². The molecule has 0 saturated heterocycles. The smallest absolute Gasteiger partial charge is 0.326 e. The number of carbonyl (C=O) groups is 5. The molecule has 10 nitrogen and oxygen atoms in total. The van der Waals surface area contributed by atoms with Crippen LogP contribution >= 0.6 is 0 Å². The molecular weight excluding hydrogens is 382 g/mol. The minimum absolute atomic E-state index is 0.00532. The van der Waals surface area contributed by atoms with Crippen LogP contribution in [0.2, 0.25) is 0 Å². The highest BCUT2D eigenvalue weighted by Crippen LogP contribution is 2.23. The Hall–Kier alpha value is -3.27. The minimum atomic E-state index is -2.44. The van der Waals surface area contributed by atoms with E-state index in [4.69, 9.17) is 0 Å². The number of rotatable bonds is 8. The van der Waals surface area contributed by atoms with Crippen LogP contribution < -0.4 is 16.0 Å². The van der Waals surface area contributed by atoms with Crippen molar-refractivity contribution in [1.29, 1.82) is 0 Å². The summed E-state index contributed by atoms with van der Waals surface area (Å²) in [4.78, 5) is 61.8. The van der Waals surface area contributed by atoms with Gasteiger partial charge < -0.3 is 26.2 Å². The van der Waals surface area contributed by atoms with Gasteiger partial charge in [0.1, 0.15) is 11.8 Å².